The predicted octanol–water partition coefficient (Wildman–Crippen LogP) is 3.87. The normalized spacial score (nSPS) is 9.91. The van der Waals surface area contributed by atoms with Gasteiger partial charge in [0.1, 0.15) is 5.75 Å². The molecule has 0 aliphatic heterocycles. The van der Waals surface area contributed by atoms with Crippen LogP contribution in [0.5, 0.6) is 5.75 Å². The molecule has 0 aliphatic carbocycles. The third-order valence-corrected chi connectivity index (χ3v) is 3.31. The van der Waals surface area contributed by atoms with Crippen molar-refractivity contribution >= 4 is 40.5 Å². The van der Waals surface area contributed by atoms with Gasteiger partial charge in [-0.3, -0.25) is 10.1 Å². The zero-order chi connectivity index (χ0) is 15.9. The molecule has 0 heterocycles. The van der Waals surface area contributed by atoms with Crippen LogP contribution in [0.4, 0.5) is 5.69 Å². The lowest BCUT2D eigenvalue weighted by Crippen LogP contribution is -2.34. The van der Waals surface area contributed by atoms with E-state index in [0.29, 0.717) is 28.6 Å². The maximum Gasteiger partial charge on any atom is 0.258 e. The van der Waals surface area contributed by atoms with Gasteiger partial charge in [-0.15, -0.1) is 0 Å². The van der Waals surface area contributed by atoms with Crippen molar-refractivity contribution in [3.05, 3.63) is 59.1 Å². The lowest BCUT2D eigenvalue weighted by molar-refractivity contribution is 0.0978. The number of halogens is 1. The maximum atomic E-state index is 12.1. The van der Waals surface area contributed by atoms with Crippen LogP contribution >= 0.6 is 23.8 Å². The molecule has 2 N–H and O–H groups in total. The smallest absolute Gasteiger partial charge is 0.258 e. The second-order valence-corrected chi connectivity index (χ2v) is 5.13. The van der Waals surface area contributed by atoms with Gasteiger partial charge in [0.2, 0.25) is 0 Å². The van der Waals surface area contributed by atoms with Crippen LogP contribution in [0.25, 0.3) is 0 Å². The molecule has 0 spiro atoms. The summed E-state index contributed by atoms with van der Waals surface area (Å²) in [6.07, 6.45) is 0. The molecule has 2 aromatic carbocycles. The molecule has 0 saturated carbocycles. The Kier molecular flexibility index (Phi) is 5.75. The van der Waals surface area contributed by atoms with Crippen LogP contribution in [0.1, 0.15) is 17.3 Å². The molecule has 0 unspecified atom stereocenters. The van der Waals surface area contributed by atoms with E-state index in [2.05, 4.69) is 10.6 Å². The van der Waals surface area contributed by atoms with Gasteiger partial charge in [-0.2, -0.15) is 0 Å². The molecule has 6 heteroatoms. The number of hydrogen-bond donors (Lipinski definition) is 2. The Morgan fingerprint density at radius 1 is 1.18 bits per heavy atom. The number of hydrogen-bond acceptors (Lipinski definition) is 3. The summed E-state index contributed by atoms with van der Waals surface area (Å²) >= 11 is 11.1. The average Bonchev–Trinajstić information content (AvgIpc) is 2.49. The van der Waals surface area contributed by atoms with E-state index in [1.807, 2.05) is 31.2 Å². The van der Waals surface area contributed by atoms with Crippen molar-refractivity contribution in [2.45, 2.75) is 6.92 Å². The van der Waals surface area contributed by atoms with Gasteiger partial charge in [-0.1, -0.05) is 35.9 Å². The molecule has 0 atom stereocenters. The molecule has 0 fully saturated rings. The number of carbonyl (C=O) groups is 1. The highest BCUT2D eigenvalue weighted by Gasteiger charge is 2.12. The number of thiocarbonyl (C=S) groups is 1. The van der Waals surface area contributed by atoms with Gasteiger partial charge >= 0.3 is 0 Å². The Bertz CT molecular complexity index is 691. The number of para-hydroxylation sites is 2. The third kappa shape index (κ3) is 4.19. The molecule has 4 nitrogen and oxygen atoms in total. The first-order valence-electron chi connectivity index (χ1n) is 6.70. The van der Waals surface area contributed by atoms with Crippen LogP contribution in [0.3, 0.4) is 0 Å². The quantitative estimate of drug-likeness (QED) is 0.833. The minimum atomic E-state index is -0.364. The molecular weight excluding hydrogens is 320 g/mol. The van der Waals surface area contributed by atoms with Crippen molar-refractivity contribution in [1.29, 1.82) is 0 Å². The second kappa shape index (κ2) is 7.77. The fourth-order valence-corrected chi connectivity index (χ4v) is 2.24. The molecule has 0 bridgehead atoms. The third-order valence-electron chi connectivity index (χ3n) is 2.78. The van der Waals surface area contributed by atoms with Gasteiger partial charge < -0.3 is 10.1 Å². The van der Waals surface area contributed by atoms with Crippen molar-refractivity contribution in [1.82, 2.24) is 5.32 Å². The van der Waals surface area contributed by atoms with E-state index >= 15 is 0 Å². The van der Waals surface area contributed by atoms with Crippen LogP contribution in [0.2, 0.25) is 5.02 Å². The van der Waals surface area contributed by atoms with Crippen molar-refractivity contribution in [2.75, 3.05) is 11.9 Å². The molecule has 0 aromatic heterocycles. The highest BCUT2D eigenvalue weighted by atomic mass is 35.5. The number of nitrogens with one attached hydrogen (secondary N) is 2. The SMILES string of the molecule is CCOc1ccccc1NC(=S)NC(=O)c1ccccc1Cl. The van der Waals surface area contributed by atoms with Crippen LogP contribution in [0.15, 0.2) is 48.5 Å². The molecule has 0 radical (unpaired) electrons. The summed E-state index contributed by atoms with van der Waals surface area (Å²) in [4.78, 5) is 12.1. The van der Waals surface area contributed by atoms with Crippen molar-refractivity contribution < 1.29 is 9.53 Å². The lowest BCUT2D eigenvalue weighted by Gasteiger charge is -2.13. The summed E-state index contributed by atoms with van der Waals surface area (Å²) in [5, 5.41) is 6.09. The Morgan fingerprint density at radius 3 is 2.59 bits per heavy atom. The zero-order valence-corrected chi connectivity index (χ0v) is 13.5. The van der Waals surface area contributed by atoms with Crippen LogP contribution in [0, 0.1) is 0 Å². The highest BCUT2D eigenvalue weighted by molar-refractivity contribution is 7.80. The van der Waals surface area contributed by atoms with E-state index in [-0.39, 0.29) is 11.0 Å². The van der Waals surface area contributed by atoms with Gasteiger partial charge in [0.05, 0.1) is 22.9 Å². The minimum Gasteiger partial charge on any atom is -0.492 e. The van der Waals surface area contributed by atoms with E-state index < -0.39 is 0 Å². The Hall–Kier alpha value is -2.11. The Morgan fingerprint density at radius 2 is 1.86 bits per heavy atom. The van der Waals surface area contributed by atoms with Crippen molar-refractivity contribution in [3.8, 4) is 5.75 Å². The van der Waals surface area contributed by atoms with Crippen LogP contribution in [-0.2, 0) is 0 Å². The van der Waals surface area contributed by atoms with E-state index in [0.717, 1.165) is 0 Å². The highest BCUT2D eigenvalue weighted by Crippen LogP contribution is 2.23. The summed E-state index contributed by atoms with van der Waals surface area (Å²) < 4.78 is 5.49. The van der Waals surface area contributed by atoms with Crippen LogP contribution < -0.4 is 15.4 Å². The monoisotopic (exact) mass is 334 g/mol. The Balaban J connectivity index is 2.05. The van der Waals surface area contributed by atoms with Crippen LogP contribution in [-0.4, -0.2) is 17.6 Å². The molecule has 2 aromatic rings. The van der Waals surface area contributed by atoms with E-state index in [4.69, 9.17) is 28.6 Å². The summed E-state index contributed by atoms with van der Waals surface area (Å²) in [5.74, 6) is 0.302. The minimum absolute atomic E-state index is 0.178. The molecular formula is C16H15ClN2O2S. The summed E-state index contributed by atoms with van der Waals surface area (Å²) in [5.41, 5.74) is 1.06. The molecule has 22 heavy (non-hydrogen) atoms. The second-order valence-electron chi connectivity index (χ2n) is 4.32. The lowest BCUT2D eigenvalue weighted by atomic mass is 10.2. The van der Waals surface area contributed by atoms with Crippen molar-refractivity contribution in [2.24, 2.45) is 0 Å². The predicted molar refractivity (Wildman–Crippen MR) is 92.7 cm³/mol. The Labute approximate surface area is 139 Å². The maximum absolute atomic E-state index is 12.1. The zero-order valence-electron chi connectivity index (χ0n) is 11.9. The first-order valence-corrected chi connectivity index (χ1v) is 7.49. The number of amides is 1. The van der Waals surface area contributed by atoms with Gasteiger partial charge in [0.25, 0.3) is 5.91 Å². The number of anilines is 1. The largest absolute Gasteiger partial charge is 0.492 e. The van der Waals surface area contributed by atoms with Gasteiger partial charge in [-0.05, 0) is 43.4 Å². The average molecular weight is 335 g/mol. The molecule has 0 saturated heterocycles. The first-order chi connectivity index (χ1) is 10.6. The summed E-state index contributed by atoms with van der Waals surface area (Å²) in [6.45, 7) is 2.44. The van der Waals surface area contributed by atoms with E-state index in [1.54, 1.807) is 24.3 Å². The summed E-state index contributed by atoms with van der Waals surface area (Å²) in [6, 6.07) is 14.1. The molecule has 114 valence electrons. The number of carbonyl (C=O) groups excluding carboxylic acids is 1. The standard InChI is InChI=1S/C16H15ClN2O2S/c1-2-21-14-10-6-5-9-13(14)18-16(22)19-15(20)11-7-3-4-8-12(11)17/h3-10H,2H2,1H3,(H2,18,19,20,22). The number of benzene rings is 2. The number of ether oxygens (including phenoxy) is 1. The molecule has 1 amide bonds. The first kappa shape index (κ1) is 16.3. The topological polar surface area (TPSA) is 50.4 Å². The number of rotatable bonds is 4. The fourth-order valence-electron chi connectivity index (χ4n) is 1.82. The van der Waals surface area contributed by atoms with Crippen molar-refractivity contribution in [3.63, 3.8) is 0 Å². The summed E-state index contributed by atoms with van der Waals surface area (Å²) in [7, 11) is 0. The van der Waals surface area contributed by atoms with E-state index in [9.17, 15) is 4.79 Å². The molecule has 0 aliphatic rings. The van der Waals surface area contributed by atoms with Gasteiger partial charge in [-0.25, -0.2) is 0 Å². The fraction of sp³-hybridized carbons (Fsp3) is 0.125. The molecule has 2 rings (SSSR count). The van der Waals surface area contributed by atoms with Gasteiger partial charge in [0.15, 0.2) is 5.11 Å². The van der Waals surface area contributed by atoms with Gasteiger partial charge in [0, 0.05) is 0 Å². The van der Waals surface area contributed by atoms with E-state index in [1.165, 1.54) is 0 Å².